The minimum Gasteiger partial charge on any atom is -0.396 e. The summed E-state index contributed by atoms with van der Waals surface area (Å²) in [5.41, 5.74) is 1.14. The monoisotopic (exact) mass is 253 g/mol. The van der Waals surface area contributed by atoms with E-state index in [2.05, 4.69) is 23.5 Å². The highest BCUT2D eigenvalue weighted by Gasteiger charge is 2.19. The lowest BCUT2D eigenvalue weighted by Crippen LogP contribution is -2.40. The number of allylic oxidation sites excluding steroid dienone is 4. The van der Waals surface area contributed by atoms with Crippen LogP contribution >= 0.6 is 0 Å². The van der Waals surface area contributed by atoms with Gasteiger partial charge in [0.2, 0.25) is 0 Å². The van der Waals surface area contributed by atoms with Crippen LogP contribution in [0, 0.1) is 0 Å². The fraction of sp³-hybridized carbons (Fsp3) is 0.571. The van der Waals surface area contributed by atoms with Gasteiger partial charge in [0.05, 0.1) is 0 Å². The molecule has 1 aliphatic carbocycles. The largest absolute Gasteiger partial charge is 0.396 e. The van der Waals surface area contributed by atoms with Crippen molar-refractivity contribution in [3.63, 3.8) is 0 Å². The summed E-state index contributed by atoms with van der Waals surface area (Å²) in [6.45, 7) is 3.81. The first-order valence-corrected chi connectivity index (χ1v) is 6.28. The molecule has 1 unspecified atom stereocenters. The van der Waals surface area contributed by atoms with E-state index in [0.29, 0.717) is 13.0 Å². The Morgan fingerprint density at radius 3 is 2.89 bits per heavy atom. The van der Waals surface area contributed by atoms with Crippen molar-refractivity contribution in [2.24, 2.45) is 0 Å². The van der Waals surface area contributed by atoms with Crippen molar-refractivity contribution >= 4 is 0 Å². The molecule has 1 rings (SSSR count). The third-order valence-corrected chi connectivity index (χ3v) is 2.41. The number of hydrogen-bond acceptors (Lipinski definition) is 4. The molecule has 0 radical (unpaired) electrons. The van der Waals surface area contributed by atoms with Crippen LogP contribution in [0.25, 0.3) is 0 Å². The van der Waals surface area contributed by atoms with E-state index in [9.17, 15) is 5.11 Å². The summed E-state index contributed by atoms with van der Waals surface area (Å²) in [6.07, 6.45) is 11.3. The van der Waals surface area contributed by atoms with Crippen molar-refractivity contribution in [3.05, 3.63) is 36.0 Å². The molecule has 0 saturated carbocycles. The topological polar surface area (TPSA) is 61.7 Å². The van der Waals surface area contributed by atoms with Gasteiger partial charge in [-0.1, -0.05) is 30.4 Å². The van der Waals surface area contributed by atoms with Gasteiger partial charge in [-0.3, -0.25) is 5.32 Å². The van der Waals surface area contributed by atoms with E-state index in [0.717, 1.165) is 12.0 Å². The van der Waals surface area contributed by atoms with Gasteiger partial charge >= 0.3 is 0 Å². The predicted molar refractivity (Wildman–Crippen MR) is 71.9 cm³/mol. The normalized spacial score (nSPS) is 17.4. The lowest BCUT2D eigenvalue weighted by atomic mass is 10.2. The molecular formula is C14H23NO3. The van der Waals surface area contributed by atoms with Gasteiger partial charge in [0.25, 0.3) is 0 Å². The van der Waals surface area contributed by atoms with Gasteiger partial charge in [0, 0.05) is 19.6 Å². The second-order valence-electron chi connectivity index (χ2n) is 4.75. The maximum atomic E-state index is 9.61. The Labute approximate surface area is 109 Å². The van der Waals surface area contributed by atoms with Gasteiger partial charge in [-0.2, -0.15) is 0 Å². The molecule has 0 amide bonds. The molecular weight excluding hydrogens is 230 g/mol. The number of ether oxygens (including phenoxy) is 1. The highest BCUT2D eigenvalue weighted by Crippen LogP contribution is 2.10. The van der Waals surface area contributed by atoms with Crippen molar-refractivity contribution in [1.29, 1.82) is 0 Å². The zero-order valence-corrected chi connectivity index (χ0v) is 11.1. The third-order valence-electron chi connectivity index (χ3n) is 2.41. The second kappa shape index (κ2) is 7.48. The maximum Gasteiger partial charge on any atom is 0.161 e. The van der Waals surface area contributed by atoms with E-state index in [1.54, 1.807) is 13.8 Å². The molecule has 0 aliphatic heterocycles. The molecule has 0 spiro atoms. The van der Waals surface area contributed by atoms with Crippen LogP contribution in [0.5, 0.6) is 0 Å². The predicted octanol–water partition coefficient (Wildman–Crippen LogP) is 1.47. The number of rotatable bonds is 7. The Morgan fingerprint density at radius 1 is 1.44 bits per heavy atom. The Kier molecular flexibility index (Phi) is 6.29. The molecule has 0 fully saturated rings. The van der Waals surface area contributed by atoms with Crippen LogP contribution in [-0.4, -0.2) is 35.4 Å². The summed E-state index contributed by atoms with van der Waals surface area (Å²) in [7, 11) is 0. The molecule has 102 valence electrons. The second-order valence-corrected chi connectivity index (χ2v) is 4.75. The van der Waals surface area contributed by atoms with Crippen molar-refractivity contribution in [2.75, 3.05) is 13.2 Å². The van der Waals surface area contributed by atoms with Gasteiger partial charge in [0.15, 0.2) is 5.79 Å². The van der Waals surface area contributed by atoms with E-state index in [-0.39, 0.29) is 12.8 Å². The van der Waals surface area contributed by atoms with Crippen LogP contribution in [0.3, 0.4) is 0 Å². The van der Waals surface area contributed by atoms with Crippen LogP contribution in [0.15, 0.2) is 36.0 Å². The zero-order chi connectivity index (χ0) is 13.4. The first-order chi connectivity index (χ1) is 8.51. The van der Waals surface area contributed by atoms with E-state index < -0.39 is 5.79 Å². The summed E-state index contributed by atoms with van der Waals surface area (Å²) in [6, 6.07) is 0. The van der Waals surface area contributed by atoms with Gasteiger partial charge in [-0.05, 0) is 25.8 Å². The highest BCUT2D eigenvalue weighted by molar-refractivity contribution is 5.28. The molecule has 1 atom stereocenters. The number of nitrogens with one attached hydrogen (secondary N) is 1. The summed E-state index contributed by atoms with van der Waals surface area (Å²) in [5.74, 6) is -1.21. The molecule has 3 N–H and O–H groups in total. The minimum atomic E-state index is -1.21. The van der Waals surface area contributed by atoms with Gasteiger partial charge in [0.1, 0.15) is 6.23 Å². The summed E-state index contributed by atoms with van der Waals surface area (Å²) >= 11 is 0. The highest BCUT2D eigenvalue weighted by atomic mass is 16.6. The Balaban J connectivity index is 2.46. The lowest BCUT2D eigenvalue weighted by molar-refractivity contribution is -0.214. The summed E-state index contributed by atoms with van der Waals surface area (Å²) < 4.78 is 5.42. The number of aliphatic hydroxyl groups is 2. The molecule has 0 aromatic carbocycles. The van der Waals surface area contributed by atoms with Gasteiger partial charge in [-0.25, -0.2) is 0 Å². The molecule has 0 heterocycles. The first-order valence-electron chi connectivity index (χ1n) is 6.28. The number of hydrogen-bond donors (Lipinski definition) is 3. The van der Waals surface area contributed by atoms with Crippen LogP contribution in [0.2, 0.25) is 0 Å². The van der Waals surface area contributed by atoms with Gasteiger partial charge in [-0.15, -0.1) is 0 Å². The standard InChI is InChI=1S/C14H23NO3/c1-14(2,17)18-13(9-10-16)15-11-12-7-5-3-4-6-8-12/h3,5-8,13,15-17H,4,9-11H2,1-2H3. The molecule has 0 aromatic heterocycles. The lowest BCUT2D eigenvalue weighted by Gasteiger charge is -2.26. The Morgan fingerprint density at radius 2 is 2.22 bits per heavy atom. The van der Waals surface area contributed by atoms with Crippen LogP contribution in [0.4, 0.5) is 0 Å². The van der Waals surface area contributed by atoms with Crippen molar-refractivity contribution in [3.8, 4) is 0 Å². The maximum absolute atomic E-state index is 9.61. The molecule has 0 bridgehead atoms. The first kappa shape index (κ1) is 15.1. The van der Waals surface area contributed by atoms with Crippen molar-refractivity contribution in [2.45, 2.75) is 38.7 Å². The van der Waals surface area contributed by atoms with Gasteiger partial charge < -0.3 is 14.9 Å². The van der Waals surface area contributed by atoms with Crippen LogP contribution in [0.1, 0.15) is 26.7 Å². The molecule has 4 heteroatoms. The molecule has 4 nitrogen and oxygen atoms in total. The summed E-state index contributed by atoms with van der Waals surface area (Å²) in [4.78, 5) is 0. The summed E-state index contributed by atoms with van der Waals surface area (Å²) in [5, 5.41) is 21.8. The smallest absolute Gasteiger partial charge is 0.161 e. The van der Waals surface area contributed by atoms with E-state index in [1.807, 2.05) is 12.2 Å². The average Bonchev–Trinajstić information content (AvgIpc) is 2.52. The fourth-order valence-electron chi connectivity index (χ4n) is 1.64. The number of aliphatic hydroxyl groups excluding tert-OH is 1. The average molecular weight is 253 g/mol. The van der Waals surface area contributed by atoms with Crippen LogP contribution in [-0.2, 0) is 4.74 Å². The Hall–Kier alpha value is -0.940. The van der Waals surface area contributed by atoms with Crippen molar-refractivity contribution in [1.82, 2.24) is 5.32 Å². The molecule has 0 saturated heterocycles. The minimum absolute atomic E-state index is 0.0164. The van der Waals surface area contributed by atoms with Crippen LogP contribution < -0.4 is 5.32 Å². The fourth-order valence-corrected chi connectivity index (χ4v) is 1.64. The molecule has 0 aromatic rings. The molecule has 18 heavy (non-hydrogen) atoms. The van der Waals surface area contributed by atoms with E-state index in [1.165, 1.54) is 0 Å². The van der Waals surface area contributed by atoms with Crippen molar-refractivity contribution < 1.29 is 14.9 Å². The molecule has 1 aliphatic rings. The van der Waals surface area contributed by atoms with E-state index in [4.69, 9.17) is 9.84 Å². The van der Waals surface area contributed by atoms with E-state index >= 15 is 0 Å². The quantitative estimate of drug-likeness (QED) is 0.601. The Bertz CT molecular complexity index is 326. The third kappa shape index (κ3) is 6.71. The zero-order valence-electron chi connectivity index (χ0n) is 11.1. The SMILES string of the molecule is CC(C)(O)OC(CCO)NCC1=CC=CCC=C1.